The fourth-order valence-corrected chi connectivity index (χ4v) is 3.44. The minimum atomic E-state index is -0.0418. The lowest BCUT2D eigenvalue weighted by Crippen LogP contribution is -2.47. The Hall–Kier alpha value is -3.30. The van der Waals surface area contributed by atoms with Crippen LogP contribution in [0.3, 0.4) is 0 Å². The van der Waals surface area contributed by atoms with E-state index >= 15 is 0 Å². The summed E-state index contributed by atoms with van der Waals surface area (Å²) in [5.41, 5.74) is 3.48. The van der Waals surface area contributed by atoms with Gasteiger partial charge in [0, 0.05) is 38.8 Å². The minimum Gasteiger partial charge on any atom is -0.493 e. The number of nitriles is 1. The molecule has 1 aliphatic heterocycles. The highest BCUT2D eigenvalue weighted by atomic mass is 16.5. The Kier molecular flexibility index (Phi) is 7.47. The molecular weight excluding hydrogens is 378 g/mol. The number of methoxy groups -OCH3 is 1. The zero-order valence-corrected chi connectivity index (χ0v) is 17.5. The third kappa shape index (κ3) is 5.62. The van der Waals surface area contributed by atoms with E-state index in [1.807, 2.05) is 17.0 Å². The Morgan fingerprint density at radius 1 is 1.13 bits per heavy atom. The van der Waals surface area contributed by atoms with Crippen LogP contribution in [-0.4, -0.2) is 55.6 Å². The highest BCUT2D eigenvalue weighted by Gasteiger charge is 2.20. The van der Waals surface area contributed by atoms with Gasteiger partial charge in [0.1, 0.15) is 6.07 Å². The topological polar surface area (TPSA) is 65.8 Å². The van der Waals surface area contributed by atoms with E-state index in [1.54, 1.807) is 31.4 Å². The molecule has 1 fully saturated rings. The maximum Gasteiger partial charge on any atom is 0.246 e. The molecule has 30 heavy (non-hydrogen) atoms. The van der Waals surface area contributed by atoms with Gasteiger partial charge in [0.05, 0.1) is 7.11 Å². The molecule has 6 heteroatoms. The summed E-state index contributed by atoms with van der Waals surface area (Å²) in [6.45, 7) is 6.19. The van der Waals surface area contributed by atoms with E-state index in [4.69, 9.17) is 14.7 Å². The van der Waals surface area contributed by atoms with Gasteiger partial charge in [-0.2, -0.15) is 5.26 Å². The third-order valence-corrected chi connectivity index (χ3v) is 5.24. The molecule has 1 amide bonds. The lowest BCUT2D eigenvalue weighted by Gasteiger charge is -2.34. The average Bonchev–Trinajstić information content (AvgIpc) is 2.78. The summed E-state index contributed by atoms with van der Waals surface area (Å²) in [5, 5.41) is 8.65. The van der Waals surface area contributed by atoms with Gasteiger partial charge in [0.25, 0.3) is 0 Å². The highest BCUT2D eigenvalue weighted by Crippen LogP contribution is 2.28. The fourth-order valence-electron chi connectivity index (χ4n) is 3.44. The van der Waals surface area contributed by atoms with E-state index in [0.29, 0.717) is 11.5 Å². The highest BCUT2D eigenvalue weighted by molar-refractivity contribution is 5.92. The van der Waals surface area contributed by atoms with Crippen LogP contribution in [0.4, 0.5) is 0 Å². The van der Waals surface area contributed by atoms with Gasteiger partial charge < -0.3 is 14.4 Å². The normalized spacial score (nSPS) is 14.5. The number of carbonyl (C=O) groups excluding carboxylic acids is 1. The van der Waals surface area contributed by atoms with Crippen molar-refractivity contribution in [2.45, 2.75) is 13.5 Å². The maximum atomic E-state index is 12.6. The molecule has 0 N–H and O–H groups in total. The van der Waals surface area contributed by atoms with E-state index in [9.17, 15) is 4.79 Å². The maximum absolute atomic E-state index is 12.6. The van der Waals surface area contributed by atoms with E-state index in [1.165, 1.54) is 11.1 Å². The molecule has 6 nitrogen and oxygen atoms in total. The van der Waals surface area contributed by atoms with Crippen molar-refractivity contribution < 1.29 is 14.3 Å². The molecule has 0 atom stereocenters. The lowest BCUT2D eigenvalue weighted by atomic mass is 10.1. The summed E-state index contributed by atoms with van der Waals surface area (Å²) >= 11 is 0. The number of aryl methyl sites for hydroxylation is 1. The summed E-state index contributed by atoms with van der Waals surface area (Å²) in [5.74, 6) is 1.05. The predicted molar refractivity (Wildman–Crippen MR) is 116 cm³/mol. The quantitative estimate of drug-likeness (QED) is 0.662. The average molecular weight is 405 g/mol. The number of hydrogen-bond acceptors (Lipinski definition) is 5. The number of ether oxygens (including phenoxy) is 2. The van der Waals surface area contributed by atoms with Crippen molar-refractivity contribution in [1.82, 2.24) is 9.80 Å². The summed E-state index contributed by atoms with van der Waals surface area (Å²) in [4.78, 5) is 16.9. The van der Waals surface area contributed by atoms with Crippen molar-refractivity contribution in [2.24, 2.45) is 0 Å². The predicted octanol–water partition coefficient (Wildman–Crippen LogP) is 3.26. The Balaban J connectivity index is 1.53. The third-order valence-electron chi connectivity index (χ3n) is 5.24. The van der Waals surface area contributed by atoms with Crippen LogP contribution in [0, 0.1) is 18.3 Å². The van der Waals surface area contributed by atoms with Crippen LogP contribution in [0.25, 0.3) is 6.08 Å². The van der Waals surface area contributed by atoms with Crippen LogP contribution in [0.2, 0.25) is 0 Å². The number of benzene rings is 2. The molecule has 1 saturated heterocycles. The van der Waals surface area contributed by atoms with Gasteiger partial charge >= 0.3 is 0 Å². The van der Waals surface area contributed by atoms with Crippen LogP contribution in [-0.2, 0) is 11.3 Å². The van der Waals surface area contributed by atoms with Gasteiger partial charge in [-0.05, 0) is 41.8 Å². The van der Waals surface area contributed by atoms with E-state index in [-0.39, 0.29) is 12.5 Å². The molecule has 0 spiro atoms. The number of piperazine rings is 1. The molecule has 156 valence electrons. The molecular formula is C24H27N3O3. The number of hydrogen-bond donors (Lipinski definition) is 0. The van der Waals surface area contributed by atoms with Crippen molar-refractivity contribution in [3.05, 3.63) is 65.2 Å². The van der Waals surface area contributed by atoms with Crippen LogP contribution < -0.4 is 9.47 Å². The molecule has 0 unspecified atom stereocenters. The first-order valence-corrected chi connectivity index (χ1v) is 10.0. The van der Waals surface area contributed by atoms with Gasteiger partial charge in [-0.15, -0.1) is 0 Å². The summed E-state index contributed by atoms with van der Waals surface area (Å²) in [6.07, 6.45) is 3.38. The summed E-state index contributed by atoms with van der Waals surface area (Å²) < 4.78 is 10.6. The zero-order valence-electron chi connectivity index (χ0n) is 17.5. The number of rotatable bonds is 7. The SMILES string of the molecule is COc1cc(/C=C/C(=O)N2CCN(Cc3ccccc3C)CC2)ccc1OCC#N. The number of amides is 1. The first kappa shape index (κ1) is 21.4. The minimum absolute atomic E-state index is 0.00863. The Morgan fingerprint density at radius 2 is 1.90 bits per heavy atom. The Morgan fingerprint density at radius 3 is 2.60 bits per heavy atom. The van der Waals surface area contributed by atoms with E-state index < -0.39 is 0 Å². The monoisotopic (exact) mass is 405 g/mol. The van der Waals surface area contributed by atoms with Gasteiger partial charge in [-0.3, -0.25) is 9.69 Å². The lowest BCUT2D eigenvalue weighted by molar-refractivity contribution is -0.127. The molecule has 2 aromatic rings. The molecule has 0 aromatic heterocycles. The van der Waals surface area contributed by atoms with Crippen molar-refractivity contribution >= 4 is 12.0 Å². The molecule has 0 aliphatic carbocycles. The Bertz CT molecular complexity index is 941. The second-order valence-corrected chi connectivity index (χ2v) is 7.22. The summed E-state index contributed by atoms with van der Waals surface area (Å²) in [7, 11) is 1.55. The second kappa shape index (κ2) is 10.5. The summed E-state index contributed by atoms with van der Waals surface area (Å²) in [6, 6.07) is 15.7. The first-order chi connectivity index (χ1) is 14.6. The Labute approximate surface area is 177 Å². The molecule has 0 bridgehead atoms. The smallest absolute Gasteiger partial charge is 0.246 e. The number of nitrogens with zero attached hydrogens (tertiary/aromatic N) is 3. The fraction of sp³-hybridized carbons (Fsp3) is 0.333. The van der Waals surface area contributed by atoms with Crippen LogP contribution in [0.5, 0.6) is 11.5 Å². The van der Waals surface area contributed by atoms with Crippen molar-refractivity contribution in [2.75, 3.05) is 39.9 Å². The number of carbonyl (C=O) groups is 1. The van der Waals surface area contributed by atoms with Crippen LogP contribution in [0.15, 0.2) is 48.5 Å². The molecule has 2 aromatic carbocycles. The largest absolute Gasteiger partial charge is 0.493 e. The van der Waals surface area contributed by atoms with Crippen LogP contribution in [0.1, 0.15) is 16.7 Å². The van der Waals surface area contributed by atoms with E-state index in [2.05, 4.69) is 36.1 Å². The molecule has 0 saturated carbocycles. The van der Waals surface area contributed by atoms with Crippen molar-refractivity contribution in [3.8, 4) is 17.6 Å². The van der Waals surface area contributed by atoms with Gasteiger partial charge in [0.15, 0.2) is 18.1 Å². The molecule has 1 heterocycles. The molecule has 3 rings (SSSR count). The van der Waals surface area contributed by atoms with E-state index in [0.717, 1.165) is 38.3 Å². The van der Waals surface area contributed by atoms with Crippen LogP contribution >= 0.6 is 0 Å². The van der Waals surface area contributed by atoms with Crippen molar-refractivity contribution in [3.63, 3.8) is 0 Å². The second-order valence-electron chi connectivity index (χ2n) is 7.22. The molecule has 0 radical (unpaired) electrons. The zero-order chi connectivity index (χ0) is 21.3. The van der Waals surface area contributed by atoms with Crippen molar-refractivity contribution in [1.29, 1.82) is 5.26 Å². The molecule has 1 aliphatic rings. The van der Waals surface area contributed by atoms with Gasteiger partial charge in [-0.25, -0.2) is 0 Å². The van der Waals surface area contributed by atoms with Gasteiger partial charge in [0.2, 0.25) is 5.91 Å². The standard InChI is InChI=1S/C24H27N3O3/c1-19-5-3-4-6-21(19)18-26-12-14-27(15-13-26)24(28)10-8-20-7-9-22(30-16-11-25)23(17-20)29-2/h3-10,17H,12-16,18H2,1-2H3/b10-8+. The first-order valence-electron chi connectivity index (χ1n) is 10.0. The van der Waals surface area contributed by atoms with Gasteiger partial charge in [-0.1, -0.05) is 30.3 Å².